The van der Waals surface area contributed by atoms with Crippen molar-refractivity contribution in [1.82, 2.24) is 10.3 Å². The third-order valence-corrected chi connectivity index (χ3v) is 2.21. The van der Waals surface area contributed by atoms with E-state index >= 15 is 0 Å². The fraction of sp³-hybridized carbons (Fsp3) is 0.364. The molecular formula is C11H17N5O2. The van der Waals surface area contributed by atoms with E-state index in [-0.39, 0.29) is 13.1 Å². The molecule has 1 heterocycles. The Bertz CT molecular complexity index is 402. The quantitative estimate of drug-likeness (QED) is 0.550. The van der Waals surface area contributed by atoms with Crippen LogP contribution in [0.15, 0.2) is 18.3 Å². The van der Waals surface area contributed by atoms with E-state index in [1.165, 1.54) is 4.90 Å². The normalized spacial score (nSPS) is 10.1. The van der Waals surface area contributed by atoms with Gasteiger partial charge < -0.3 is 21.7 Å². The molecule has 0 aliphatic heterocycles. The number of primary amides is 2. The van der Waals surface area contributed by atoms with Gasteiger partial charge in [0.2, 0.25) is 11.8 Å². The maximum absolute atomic E-state index is 10.9. The third kappa shape index (κ3) is 4.38. The second-order valence-corrected chi connectivity index (χ2v) is 3.84. The summed E-state index contributed by atoms with van der Waals surface area (Å²) in [5.41, 5.74) is 11.2. The molecule has 0 bridgehead atoms. The molecule has 18 heavy (non-hydrogen) atoms. The Balaban J connectivity index is 2.83. The number of nitrogens with two attached hydrogens (primary N) is 2. The van der Waals surface area contributed by atoms with Gasteiger partial charge >= 0.3 is 0 Å². The molecule has 0 radical (unpaired) electrons. The lowest BCUT2D eigenvalue weighted by Gasteiger charge is -2.20. The molecule has 0 aliphatic carbocycles. The number of hydrogen-bond donors (Lipinski definition) is 3. The standard InChI is InChI=1S/C11H17N5O2/c1-14-4-8-2-3-11(15-5-8)16(6-9(12)17)7-10(13)18/h2-3,5,14H,4,6-7H2,1H3,(H2,12,17)(H2,13,18). The molecule has 0 saturated heterocycles. The molecule has 98 valence electrons. The average molecular weight is 251 g/mol. The highest BCUT2D eigenvalue weighted by atomic mass is 16.2. The van der Waals surface area contributed by atoms with Gasteiger partial charge in [-0.25, -0.2) is 4.98 Å². The van der Waals surface area contributed by atoms with Crippen LogP contribution in [-0.2, 0) is 16.1 Å². The predicted molar refractivity (Wildman–Crippen MR) is 67.6 cm³/mol. The number of carbonyl (C=O) groups is 2. The van der Waals surface area contributed by atoms with Crippen molar-refractivity contribution in [1.29, 1.82) is 0 Å². The Kier molecular flexibility index (Phi) is 5.06. The Hall–Kier alpha value is -2.15. The number of nitrogens with one attached hydrogen (secondary N) is 1. The Morgan fingerprint density at radius 2 is 1.89 bits per heavy atom. The second-order valence-electron chi connectivity index (χ2n) is 3.84. The van der Waals surface area contributed by atoms with Crippen molar-refractivity contribution in [2.24, 2.45) is 11.5 Å². The lowest BCUT2D eigenvalue weighted by molar-refractivity contribution is -0.117. The van der Waals surface area contributed by atoms with E-state index < -0.39 is 11.8 Å². The summed E-state index contributed by atoms with van der Waals surface area (Å²) in [4.78, 5) is 27.5. The Morgan fingerprint density at radius 3 is 2.28 bits per heavy atom. The maximum atomic E-state index is 10.9. The summed E-state index contributed by atoms with van der Waals surface area (Å²) in [5.74, 6) is -0.595. The molecular weight excluding hydrogens is 234 g/mol. The second kappa shape index (κ2) is 6.55. The number of anilines is 1. The number of amides is 2. The van der Waals surface area contributed by atoms with E-state index in [0.29, 0.717) is 12.4 Å². The molecule has 1 aromatic rings. The molecule has 0 aliphatic rings. The first-order valence-electron chi connectivity index (χ1n) is 5.44. The van der Waals surface area contributed by atoms with E-state index in [2.05, 4.69) is 10.3 Å². The lowest BCUT2D eigenvalue weighted by atomic mass is 10.2. The number of nitrogens with zero attached hydrogens (tertiary/aromatic N) is 2. The van der Waals surface area contributed by atoms with Crippen LogP contribution in [0.2, 0.25) is 0 Å². The molecule has 0 spiro atoms. The minimum atomic E-state index is -0.544. The zero-order valence-electron chi connectivity index (χ0n) is 10.2. The van der Waals surface area contributed by atoms with Crippen LogP contribution in [0, 0.1) is 0 Å². The van der Waals surface area contributed by atoms with Crippen LogP contribution in [0.1, 0.15) is 5.56 Å². The van der Waals surface area contributed by atoms with Crippen LogP contribution in [0.3, 0.4) is 0 Å². The zero-order chi connectivity index (χ0) is 13.5. The molecule has 0 atom stereocenters. The molecule has 7 heteroatoms. The average Bonchev–Trinajstić information content (AvgIpc) is 2.28. The zero-order valence-corrected chi connectivity index (χ0v) is 10.2. The number of aromatic nitrogens is 1. The van der Waals surface area contributed by atoms with E-state index in [1.54, 1.807) is 12.3 Å². The molecule has 0 fully saturated rings. The highest BCUT2D eigenvalue weighted by Gasteiger charge is 2.13. The fourth-order valence-corrected chi connectivity index (χ4v) is 1.51. The van der Waals surface area contributed by atoms with Gasteiger partial charge in [-0.15, -0.1) is 0 Å². The van der Waals surface area contributed by atoms with Gasteiger partial charge in [-0.2, -0.15) is 0 Å². The SMILES string of the molecule is CNCc1ccc(N(CC(N)=O)CC(N)=O)nc1. The van der Waals surface area contributed by atoms with Crippen LogP contribution in [0.25, 0.3) is 0 Å². The van der Waals surface area contributed by atoms with Crippen molar-refractivity contribution in [2.45, 2.75) is 6.54 Å². The summed E-state index contributed by atoms with van der Waals surface area (Å²) in [5, 5.41) is 3.00. The van der Waals surface area contributed by atoms with E-state index in [4.69, 9.17) is 11.5 Å². The van der Waals surface area contributed by atoms with Gasteiger partial charge in [0.25, 0.3) is 0 Å². The number of hydrogen-bond acceptors (Lipinski definition) is 5. The predicted octanol–water partition coefficient (Wildman–Crippen LogP) is -1.42. The first-order chi connectivity index (χ1) is 8.52. The van der Waals surface area contributed by atoms with E-state index in [9.17, 15) is 9.59 Å². The van der Waals surface area contributed by atoms with Crippen molar-refractivity contribution >= 4 is 17.6 Å². The van der Waals surface area contributed by atoms with Crippen molar-refractivity contribution in [2.75, 3.05) is 25.0 Å². The lowest BCUT2D eigenvalue weighted by Crippen LogP contribution is -2.40. The first kappa shape index (κ1) is 13.9. The molecule has 1 aromatic heterocycles. The summed E-state index contributed by atoms with van der Waals surface area (Å²) in [6.45, 7) is 0.502. The molecule has 5 N–H and O–H groups in total. The first-order valence-corrected chi connectivity index (χ1v) is 5.44. The van der Waals surface area contributed by atoms with Gasteiger partial charge in [0, 0.05) is 12.7 Å². The molecule has 1 rings (SSSR count). The highest BCUT2D eigenvalue weighted by Crippen LogP contribution is 2.10. The van der Waals surface area contributed by atoms with Crippen LogP contribution >= 0.6 is 0 Å². The van der Waals surface area contributed by atoms with E-state index in [0.717, 1.165) is 5.56 Å². The highest BCUT2D eigenvalue weighted by molar-refractivity contribution is 5.84. The summed E-state index contributed by atoms with van der Waals surface area (Å²) >= 11 is 0. The number of pyridine rings is 1. The summed E-state index contributed by atoms with van der Waals surface area (Å²) in [6, 6.07) is 3.58. The van der Waals surface area contributed by atoms with Crippen molar-refractivity contribution in [3.05, 3.63) is 23.9 Å². The monoisotopic (exact) mass is 251 g/mol. The number of carbonyl (C=O) groups excluding carboxylic acids is 2. The van der Waals surface area contributed by atoms with E-state index in [1.807, 2.05) is 13.1 Å². The van der Waals surface area contributed by atoms with Crippen LogP contribution in [0.4, 0.5) is 5.82 Å². The maximum Gasteiger partial charge on any atom is 0.237 e. The van der Waals surface area contributed by atoms with Crippen molar-refractivity contribution < 1.29 is 9.59 Å². The minimum Gasteiger partial charge on any atom is -0.368 e. The van der Waals surface area contributed by atoms with Gasteiger partial charge in [0.05, 0.1) is 13.1 Å². The van der Waals surface area contributed by atoms with Crippen molar-refractivity contribution in [3.8, 4) is 0 Å². The van der Waals surface area contributed by atoms with Gasteiger partial charge in [-0.1, -0.05) is 6.07 Å². The Morgan fingerprint density at radius 1 is 1.28 bits per heavy atom. The summed E-state index contributed by atoms with van der Waals surface area (Å²) < 4.78 is 0. The topological polar surface area (TPSA) is 114 Å². The number of rotatable bonds is 7. The van der Waals surface area contributed by atoms with Crippen molar-refractivity contribution in [3.63, 3.8) is 0 Å². The minimum absolute atomic E-state index is 0.0959. The fourth-order valence-electron chi connectivity index (χ4n) is 1.51. The molecule has 0 saturated carbocycles. The molecule has 0 aromatic carbocycles. The molecule has 0 unspecified atom stereocenters. The largest absolute Gasteiger partial charge is 0.368 e. The molecule has 2 amide bonds. The summed E-state index contributed by atoms with van der Waals surface area (Å²) in [7, 11) is 1.83. The van der Waals surface area contributed by atoms with Gasteiger partial charge in [0.15, 0.2) is 0 Å². The van der Waals surface area contributed by atoms with Gasteiger partial charge in [0.1, 0.15) is 5.82 Å². The van der Waals surface area contributed by atoms with Crippen LogP contribution in [-0.4, -0.2) is 36.9 Å². The smallest absolute Gasteiger partial charge is 0.237 e. The summed E-state index contributed by atoms with van der Waals surface area (Å²) in [6.07, 6.45) is 1.67. The van der Waals surface area contributed by atoms with Gasteiger partial charge in [-0.3, -0.25) is 9.59 Å². The Labute approximate surface area is 105 Å². The van der Waals surface area contributed by atoms with Gasteiger partial charge in [-0.05, 0) is 18.7 Å². The third-order valence-electron chi connectivity index (χ3n) is 2.21. The van der Waals surface area contributed by atoms with Crippen LogP contribution in [0.5, 0.6) is 0 Å². The molecule has 7 nitrogen and oxygen atoms in total. The van der Waals surface area contributed by atoms with Crippen LogP contribution < -0.4 is 21.7 Å².